The molecule has 2 aromatic carbocycles. The Labute approximate surface area is 173 Å². The minimum atomic E-state index is -0.316. The van der Waals surface area contributed by atoms with Crippen LogP contribution >= 0.6 is 0 Å². The van der Waals surface area contributed by atoms with Crippen LogP contribution < -0.4 is 5.56 Å². The van der Waals surface area contributed by atoms with Crippen LogP contribution in [-0.2, 0) is 5.41 Å². The van der Waals surface area contributed by atoms with Crippen LogP contribution in [0.2, 0.25) is 0 Å². The van der Waals surface area contributed by atoms with Crippen molar-refractivity contribution in [1.82, 2.24) is 20.0 Å². The Kier molecular flexibility index (Phi) is 4.59. The average molecular weight is 399 g/mol. The van der Waals surface area contributed by atoms with E-state index >= 15 is 0 Å². The number of hydrogen-bond acceptors (Lipinski definition) is 4. The summed E-state index contributed by atoms with van der Waals surface area (Å²) in [6, 6.07) is 13.6. The number of nitrogens with one attached hydrogen (secondary N) is 2. The van der Waals surface area contributed by atoms with Gasteiger partial charge in [-0.3, -0.25) is 15.0 Å². The second-order valence-corrected chi connectivity index (χ2v) is 8.06. The van der Waals surface area contributed by atoms with Gasteiger partial charge in [-0.2, -0.15) is 5.10 Å². The summed E-state index contributed by atoms with van der Waals surface area (Å²) in [5.74, 6) is 0.173. The third kappa shape index (κ3) is 3.20. The number of fused-ring (bicyclic) bond motifs is 1. The Hall–Kier alpha value is -3.99. The molecule has 0 saturated carbocycles. The van der Waals surface area contributed by atoms with Crippen molar-refractivity contribution in [2.45, 2.75) is 33.1 Å². The zero-order chi connectivity index (χ0) is 21.5. The van der Waals surface area contributed by atoms with Gasteiger partial charge in [0.15, 0.2) is 5.69 Å². The van der Waals surface area contributed by atoms with Gasteiger partial charge in [0, 0.05) is 11.1 Å². The van der Waals surface area contributed by atoms with Crippen molar-refractivity contribution in [2.75, 3.05) is 0 Å². The number of nitrogens with zero attached hydrogens (tertiary/aromatic N) is 5. The lowest BCUT2D eigenvalue weighted by Gasteiger charge is -2.16. The molecule has 0 aliphatic heterocycles. The number of aromatic nitrogens is 4. The maximum atomic E-state index is 13.1. The van der Waals surface area contributed by atoms with Crippen LogP contribution in [0.4, 0.5) is 17.2 Å². The van der Waals surface area contributed by atoms with Crippen molar-refractivity contribution in [1.29, 1.82) is 0 Å². The zero-order valence-electron chi connectivity index (χ0n) is 17.2. The first-order chi connectivity index (χ1) is 14.3. The van der Waals surface area contributed by atoms with Crippen molar-refractivity contribution < 1.29 is 0 Å². The van der Waals surface area contributed by atoms with E-state index in [9.17, 15) is 4.79 Å². The molecule has 2 aromatic heterocycles. The van der Waals surface area contributed by atoms with Crippen LogP contribution in [0.5, 0.6) is 0 Å². The topological polar surface area (TPSA) is 95.6 Å². The highest BCUT2D eigenvalue weighted by atomic mass is 16.1. The molecule has 0 aliphatic rings. The molecule has 2 N–H and O–H groups in total. The highest BCUT2D eigenvalue weighted by molar-refractivity contribution is 5.90. The summed E-state index contributed by atoms with van der Waals surface area (Å²) in [7, 11) is 0. The van der Waals surface area contributed by atoms with E-state index in [-0.39, 0.29) is 22.5 Å². The van der Waals surface area contributed by atoms with Gasteiger partial charge in [0.2, 0.25) is 5.82 Å². The van der Waals surface area contributed by atoms with Gasteiger partial charge in [-0.05, 0) is 23.8 Å². The fourth-order valence-electron chi connectivity index (χ4n) is 3.35. The normalized spacial score (nSPS) is 12.0. The molecule has 0 fully saturated rings. The molecule has 0 radical (unpaired) electrons. The Morgan fingerprint density at radius 3 is 2.57 bits per heavy atom. The van der Waals surface area contributed by atoms with E-state index in [1.807, 2.05) is 63.2 Å². The van der Waals surface area contributed by atoms with E-state index in [0.29, 0.717) is 17.1 Å². The average Bonchev–Trinajstić information content (AvgIpc) is 3.26. The van der Waals surface area contributed by atoms with E-state index in [2.05, 4.69) is 30.4 Å². The number of rotatable bonds is 3. The van der Waals surface area contributed by atoms with Crippen LogP contribution in [0.1, 0.15) is 32.2 Å². The first-order valence-electron chi connectivity index (χ1n) is 9.49. The summed E-state index contributed by atoms with van der Waals surface area (Å²) in [6.07, 6.45) is 0. The molecule has 0 amide bonds. The SMILES string of the molecule is [C-]#[N+]c1c(N=Nc2c(C)[nH]n(-c3cccc4ccccc34)c2=O)n[nH]c1C(C)(C)C. The molecule has 8 heteroatoms. The van der Waals surface area contributed by atoms with Crippen LogP contribution in [0, 0.1) is 13.5 Å². The summed E-state index contributed by atoms with van der Waals surface area (Å²) in [5.41, 5.74) is 1.89. The molecule has 4 aromatic rings. The van der Waals surface area contributed by atoms with E-state index in [1.54, 1.807) is 6.92 Å². The maximum Gasteiger partial charge on any atom is 0.299 e. The Morgan fingerprint density at radius 2 is 1.83 bits per heavy atom. The van der Waals surface area contributed by atoms with Gasteiger partial charge in [-0.25, -0.2) is 9.53 Å². The molecular formula is C22H21N7O. The minimum Gasteiger partial charge on any atom is -0.293 e. The standard InChI is InChI=1S/C22H21N7O/c1-13-17(24-26-20-18(23-5)19(25-27-20)22(2,3)4)21(30)29(28-13)16-12-8-10-14-9-6-7-11-15(14)16/h6-12,28H,1-4H3,(H,25,27). The van der Waals surface area contributed by atoms with Gasteiger partial charge in [0.05, 0.1) is 18.0 Å². The van der Waals surface area contributed by atoms with Gasteiger partial charge in [-0.1, -0.05) is 57.2 Å². The van der Waals surface area contributed by atoms with E-state index in [4.69, 9.17) is 6.57 Å². The number of aromatic amines is 2. The van der Waals surface area contributed by atoms with Crippen molar-refractivity contribution in [3.63, 3.8) is 0 Å². The highest BCUT2D eigenvalue weighted by Gasteiger charge is 2.24. The molecule has 0 bridgehead atoms. The lowest BCUT2D eigenvalue weighted by atomic mass is 9.91. The van der Waals surface area contributed by atoms with Gasteiger partial charge in [0.25, 0.3) is 11.2 Å². The van der Waals surface area contributed by atoms with Gasteiger partial charge in [-0.15, -0.1) is 10.2 Å². The lowest BCUT2D eigenvalue weighted by molar-refractivity contribution is 0.569. The van der Waals surface area contributed by atoms with E-state index in [1.165, 1.54) is 4.68 Å². The first kappa shape index (κ1) is 19.3. The summed E-state index contributed by atoms with van der Waals surface area (Å²) in [5, 5.41) is 20.3. The second kappa shape index (κ2) is 7.12. The third-order valence-electron chi connectivity index (χ3n) is 4.88. The predicted molar refractivity (Wildman–Crippen MR) is 116 cm³/mol. The van der Waals surface area contributed by atoms with Crippen LogP contribution in [0.15, 0.2) is 57.5 Å². The summed E-state index contributed by atoms with van der Waals surface area (Å²) in [4.78, 5) is 16.6. The summed E-state index contributed by atoms with van der Waals surface area (Å²) >= 11 is 0. The van der Waals surface area contributed by atoms with E-state index < -0.39 is 0 Å². The molecule has 30 heavy (non-hydrogen) atoms. The summed E-state index contributed by atoms with van der Waals surface area (Å²) < 4.78 is 1.47. The van der Waals surface area contributed by atoms with Crippen molar-refractivity contribution in [2.24, 2.45) is 10.2 Å². The molecule has 4 rings (SSSR count). The molecule has 8 nitrogen and oxygen atoms in total. The lowest BCUT2D eigenvalue weighted by Crippen LogP contribution is -2.14. The monoisotopic (exact) mass is 399 g/mol. The van der Waals surface area contributed by atoms with Crippen molar-refractivity contribution >= 4 is 28.0 Å². The van der Waals surface area contributed by atoms with Gasteiger partial charge >= 0.3 is 0 Å². The number of H-pyrrole nitrogens is 2. The van der Waals surface area contributed by atoms with Crippen LogP contribution in [0.3, 0.4) is 0 Å². The molecule has 0 spiro atoms. The highest BCUT2D eigenvalue weighted by Crippen LogP contribution is 2.37. The van der Waals surface area contributed by atoms with Crippen LogP contribution in [0.25, 0.3) is 21.3 Å². The molecule has 0 unspecified atom stereocenters. The van der Waals surface area contributed by atoms with E-state index in [0.717, 1.165) is 16.5 Å². The largest absolute Gasteiger partial charge is 0.299 e. The van der Waals surface area contributed by atoms with Crippen molar-refractivity contribution in [3.8, 4) is 5.69 Å². The maximum absolute atomic E-state index is 13.1. The molecule has 0 atom stereocenters. The number of benzene rings is 2. The third-order valence-corrected chi connectivity index (χ3v) is 4.88. The molecule has 0 saturated heterocycles. The number of hydrogen-bond donors (Lipinski definition) is 2. The Morgan fingerprint density at radius 1 is 1.10 bits per heavy atom. The van der Waals surface area contributed by atoms with Crippen LogP contribution in [-0.4, -0.2) is 20.0 Å². The fraction of sp³-hybridized carbons (Fsp3) is 0.227. The van der Waals surface area contributed by atoms with Gasteiger partial charge in [0.1, 0.15) is 0 Å². The number of aryl methyl sites for hydroxylation is 1. The molecular weight excluding hydrogens is 378 g/mol. The minimum absolute atomic E-state index is 0.173. The smallest absolute Gasteiger partial charge is 0.293 e. The molecule has 0 aliphatic carbocycles. The Balaban J connectivity index is 1.79. The Bertz CT molecular complexity index is 1370. The number of azo groups is 1. The first-order valence-corrected chi connectivity index (χ1v) is 9.49. The zero-order valence-corrected chi connectivity index (χ0v) is 17.2. The second-order valence-electron chi connectivity index (χ2n) is 8.06. The fourth-order valence-corrected chi connectivity index (χ4v) is 3.35. The van der Waals surface area contributed by atoms with Gasteiger partial charge < -0.3 is 0 Å². The molecule has 2 heterocycles. The summed E-state index contributed by atoms with van der Waals surface area (Å²) in [6.45, 7) is 15.2. The quantitative estimate of drug-likeness (QED) is 0.346. The van der Waals surface area contributed by atoms with Crippen molar-refractivity contribution in [3.05, 3.63) is 75.6 Å². The predicted octanol–water partition coefficient (Wildman–Crippen LogP) is 5.61. The molecule has 150 valence electrons.